The number of aryl methyl sites for hydroxylation is 1. The fourth-order valence-electron chi connectivity index (χ4n) is 3.00. The molecule has 0 unspecified atom stereocenters. The minimum atomic E-state index is -3.93. The molecule has 31 heavy (non-hydrogen) atoms. The van der Waals surface area contributed by atoms with Crippen LogP contribution in [-0.4, -0.2) is 27.5 Å². The van der Waals surface area contributed by atoms with Crippen LogP contribution in [0, 0.1) is 12.7 Å². The van der Waals surface area contributed by atoms with Gasteiger partial charge in [-0.05, 0) is 55.0 Å². The summed E-state index contributed by atoms with van der Waals surface area (Å²) in [4.78, 5) is 12.5. The van der Waals surface area contributed by atoms with Crippen molar-refractivity contribution < 1.29 is 27.1 Å². The number of amides is 1. The van der Waals surface area contributed by atoms with Crippen molar-refractivity contribution in [2.75, 3.05) is 23.3 Å². The molecular weight excluding hydrogens is 423 g/mol. The average molecular weight is 442 g/mol. The van der Waals surface area contributed by atoms with Crippen molar-refractivity contribution in [3.05, 3.63) is 77.6 Å². The molecule has 1 aliphatic rings. The third kappa shape index (κ3) is 4.61. The normalized spacial score (nSPS) is 12.8. The van der Waals surface area contributed by atoms with Gasteiger partial charge in [0, 0.05) is 23.0 Å². The maximum atomic E-state index is 13.7. The van der Waals surface area contributed by atoms with Crippen LogP contribution < -0.4 is 19.5 Å². The largest absolute Gasteiger partial charge is 0.486 e. The van der Waals surface area contributed by atoms with Gasteiger partial charge in [0.25, 0.3) is 15.9 Å². The number of hydrogen-bond acceptors (Lipinski definition) is 5. The molecule has 0 spiro atoms. The molecule has 0 atom stereocenters. The zero-order valence-electron chi connectivity index (χ0n) is 16.5. The summed E-state index contributed by atoms with van der Waals surface area (Å²) < 4.78 is 52.6. The summed E-state index contributed by atoms with van der Waals surface area (Å²) in [6, 6.07) is 14.7. The van der Waals surface area contributed by atoms with Gasteiger partial charge in [0.15, 0.2) is 11.5 Å². The van der Waals surface area contributed by atoms with E-state index < -0.39 is 21.7 Å². The third-order valence-corrected chi connectivity index (χ3v) is 6.01. The summed E-state index contributed by atoms with van der Waals surface area (Å²) >= 11 is 0. The lowest BCUT2D eigenvalue weighted by molar-refractivity contribution is 0.102. The Morgan fingerprint density at radius 3 is 2.48 bits per heavy atom. The van der Waals surface area contributed by atoms with Gasteiger partial charge in [-0.15, -0.1) is 0 Å². The van der Waals surface area contributed by atoms with Crippen molar-refractivity contribution in [3.8, 4) is 11.5 Å². The van der Waals surface area contributed by atoms with E-state index in [-0.39, 0.29) is 16.1 Å². The van der Waals surface area contributed by atoms with Crippen molar-refractivity contribution >= 4 is 27.3 Å². The first-order chi connectivity index (χ1) is 14.8. The van der Waals surface area contributed by atoms with E-state index in [2.05, 4.69) is 10.0 Å². The van der Waals surface area contributed by atoms with Gasteiger partial charge in [-0.3, -0.25) is 9.52 Å². The molecule has 0 aliphatic carbocycles. The van der Waals surface area contributed by atoms with Crippen molar-refractivity contribution in [1.82, 2.24) is 0 Å². The second-order valence-electron chi connectivity index (χ2n) is 6.91. The summed E-state index contributed by atoms with van der Waals surface area (Å²) in [5.74, 6) is -0.0913. The molecule has 0 aromatic heterocycles. The van der Waals surface area contributed by atoms with Gasteiger partial charge in [-0.1, -0.05) is 12.1 Å². The van der Waals surface area contributed by atoms with Crippen LogP contribution in [0.5, 0.6) is 11.5 Å². The number of halogens is 1. The van der Waals surface area contributed by atoms with Crippen molar-refractivity contribution in [2.45, 2.75) is 11.8 Å². The first-order valence-corrected chi connectivity index (χ1v) is 10.9. The summed E-state index contributed by atoms with van der Waals surface area (Å²) in [5, 5.41) is 2.60. The summed E-state index contributed by atoms with van der Waals surface area (Å²) in [5.41, 5.74) is 1.19. The fourth-order valence-corrected chi connectivity index (χ4v) is 4.07. The maximum absolute atomic E-state index is 13.7. The molecule has 9 heteroatoms. The molecular formula is C22H19FN2O5S. The minimum absolute atomic E-state index is 0.00161. The molecule has 0 bridgehead atoms. The second kappa shape index (κ2) is 8.27. The standard InChI is InChI=1S/C22H19FN2O5S/c1-14-5-6-16(12-19(14)23)24-22(26)15-3-2-4-17(11-15)25-31(27,28)18-7-8-20-21(13-18)30-10-9-29-20/h2-8,11-13,25H,9-10H2,1H3,(H,24,26). The van der Waals surface area contributed by atoms with E-state index in [0.29, 0.717) is 36.0 Å². The van der Waals surface area contributed by atoms with Gasteiger partial charge in [0.2, 0.25) is 0 Å². The van der Waals surface area contributed by atoms with E-state index in [4.69, 9.17) is 9.47 Å². The molecule has 1 aliphatic heterocycles. The lowest BCUT2D eigenvalue weighted by Crippen LogP contribution is -2.17. The fraction of sp³-hybridized carbons (Fsp3) is 0.136. The molecule has 0 saturated carbocycles. The van der Waals surface area contributed by atoms with Crippen molar-refractivity contribution in [1.29, 1.82) is 0 Å². The van der Waals surface area contributed by atoms with Gasteiger partial charge in [0.05, 0.1) is 4.90 Å². The predicted molar refractivity (Wildman–Crippen MR) is 114 cm³/mol. The molecule has 3 aromatic rings. The highest BCUT2D eigenvalue weighted by atomic mass is 32.2. The Morgan fingerprint density at radius 2 is 1.71 bits per heavy atom. The minimum Gasteiger partial charge on any atom is -0.486 e. The molecule has 0 saturated heterocycles. The average Bonchev–Trinajstić information content (AvgIpc) is 2.76. The van der Waals surface area contributed by atoms with Crippen molar-refractivity contribution in [3.63, 3.8) is 0 Å². The highest BCUT2D eigenvalue weighted by molar-refractivity contribution is 7.92. The van der Waals surface area contributed by atoms with E-state index in [0.717, 1.165) is 0 Å². The number of carbonyl (C=O) groups is 1. The van der Waals surface area contributed by atoms with Gasteiger partial charge in [-0.2, -0.15) is 0 Å². The lowest BCUT2D eigenvalue weighted by atomic mass is 10.1. The second-order valence-corrected chi connectivity index (χ2v) is 8.59. The summed E-state index contributed by atoms with van der Waals surface area (Å²) in [7, 11) is -3.93. The zero-order valence-corrected chi connectivity index (χ0v) is 17.3. The first-order valence-electron chi connectivity index (χ1n) is 9.42. The molecule has 160 valence electrons. The van der Waals surface area contributed by atoms with Gasteiger partial charge in [0.1, 0.15) is 19.0 Å². The Hall–Kier alpha value is -3.59. The number of carbonyl (C=O) groups excluding carboxylic acids is 1. The monoisotopic (exact) mass is 442 g/mol. The molecule has 1 amide bonds. The molecule has 0 radical (unpaired) electrons. The third-order valence-electron chi connectivity index (χ3n) is 4.63. The van der Waals surface area contributed by atoms with E-state index in [1.807, 2.05) is 0 Å². The van der Waals surface area contributed by atoms with Gasteiger partial charge < -0.3 is 14.8 Å². The van der Waals surface area contributed by atoms with E-state index in [1.54, 1.807) is 25.1 Å². The number of benzene rings is 3. The number of nitrogens with one attached hydrogen (secondary N) is 2. The Kier molecular flexibility index (Phi) is 5.51. The Morgan fingerprint density at radius 1 is 0.935 bits per heavy atom. The number of sulfonamides is 1. The van der Waals surface area contributed by atoms with Crippen LogP contribution in [0.3, 0.4) is 0 Å². The zero-order chi connectivity index (χ0) is 22.0. The van der Waals surface area contributed by atoms with Crippen LogP contribution in [0.15, 0.2) is 65.6 Å². The van der Waals surface area contributed by atoms with Crippen LogP contribution in [0.2, 0.25) is 0 Å². The summed E-state index contributed by atoms with van der Waals surface area (Å²) in [6.45, 7) is 2.37. The Balaban J connectivity index is 1.52. The van der Waals surface area contributed by atoms with Gasteiger partial charge >= 0.3 is 0 Å². The van der Waals surface area contributed by atoms with Crippen LogP contribution >= 0.6 is 0 Å². The van der Waals surface area contributed by atoms with E-state index in [9.17, 15) is 17.6 Å². The molecule has 7 nitrogen and oxygen atoms in total. The number of anilines is 2. The van der Waals surface area contributed by atoms with E-state index >= 15 is 0 Å². The quantitative estimate of drug-likeness (QED) is 0.624. The topological polar surface area (TPSA) is 93.7 Å². The summed E-state index contributed by atoms with van der Waals surface area (Å²) in [6.07, 6.45) is 0. The van der Waals surface area contributed by atoms with Crippen LogP contribution in [-0.2, 0) is 10.0 Å². The smallest absolute Gasteiger partial charge is 0.262 e. The molecule has 0 fully saturated rings. The molecule has 1 heterocycles. The molecule has 3 aromatic carbocycles. The van der Waals surface area contributed by atoms with Crippen LogP contribution in [0.1, 0.15) is 15.9 Å². The molecule has 2 N–H and O–H groups in total. The number of ether oxygens (including phenoxy) is 2. The SMILES string of the molecule is Cc1ccc(NC(=O)c2cccc(NS(=O)(=O)c3ccc4c(c3)OCCO4)c2)cc1F. The van der Waals surface area contributed by atoms with Gasteiger partial charge in [-0.25, -0.2) is 12.8 Å². The molecule has 4 rings (SSSR count). The highest BCUT2D eigenvalue weighted by Crippen LogP contribution is 2.32. The van der Waals surface area contributed by atoms with Crippen molar-refractivity contribution in [2.24, 2.45) is 0 Å². The Bertz CT molecular complexity index is 1260. The highest BCUT2D eigenvalue weighted by Gasteiger charge is 2.20. The number of hydrogen-bond donors (Lipinski definition) is 2. The van der Waals surface area contributed by atoms with E-state index in [1.165, 1.54) is 42.5 Å². The Labute approximate surface area is 178 Å². The lowest BCUT2D eigenvalue weighted by Gasteiger charge is -2.19. The maximum Gasteiger partial charge on any atom is 0.262 e. The van der Waals surface area contributed by atoms with Crippen LogP contribution in [0.25, 0.3) is 0 Å². The first kappa shape index (κ1) is 20.7. The van der Waals surface area contributed by atoms with Crippen LogP contribution in [0.4, 0.5) is 15.8 Å². The number of fused-ring (bicyclic) bond motifs is 1. The predicted octanol–water partition coefficient (Wildman–Crippen LogP) is 3.96. The number of rotatable bonds is 5.